The monoisotopic (exact) mass is 757 g/mol. The van der Waals surface area contributed by atoms with Gasteiger partial charge in [0.05, 0.1) is 26.4 Å². The molecular weight excluding hydrogens is 698 g/mol. The first kappa shape index (κ1) is 44.9. The largest absolute Gasteiger partial charge is 0.394 e. The quantitative estimate of drug-likeness (QED) is 0.0470. The van der Waals surface area contributed by atoms with Crippen LogP contribution in [-0.4, -0.2) is 188 Å². The molecule has 0 spiro atoms. The zero-order chi connectivity index (χ0) is 38.4. The molecule has 0 radical (unpaired) electrons. The zero-order valence-electron chi connectivity index (χ0n) is 29.5. The number of ketones is 1. The molecule has 19 heteroatoms. The molecule has 1 amide bonds. The van der Waals surface area contributed by atoms with Crippen molar-refractivity contribution >= 4 is 11.7 Å². The van der Waals surface area contributed by atoms with E-state index in [2.05, 4.69) is 5.32 Å². The number of hydrogen-bond donors (Lipinski definition) is 11. The van der Waals surface area contributed by atoms with Crippen LogP contribution in [-0.2, 0) is 38.0 Å². The average Bonchev–Trinajstić information content (AvgIpc) is 3.12. The molecule has 0 aliphatic carbocycles. The molecule has 3 saturated heterocycles. The van der Waals surface area contributed by atoms with Crippen molar-refractivity contribution in [2.45, 2.75) is 163 Å². The number of Topliss-reactive ketones (excluding diaryl/α,β-unsaturated/α-hetero) is 1. The van der Waals surface area contributed by atoms with Gasteiger partial charge in [0.25, 0.3) is 0 Å². The van der Waals surface area contributed by atoms with Crippen LogP contribution in [0.1, 0.15) is 71.1 Å². The van der Waals surface area contributed by atoms with E-state index in [0.29, 0.717) is 19.4 Å². The maximum atomic E-state index is 12.5. The summed E-state index contributed by atoms with van der Waals surface area (Å²) in [4.78, 5) is 23.9. The van der Waals surface area contributed by atoms with Crippen molar-refractivity contribution in [2.24, 2.45) is 0 Å². The number of unbranched alkanes of at least 4 members (excludes halogenated alkanes) is 5. The number of aliphatic hydroxyl groups is 10. The summed E-state index contributed by atoms with van der Waals surface area (Å²) in [5.74, 6) is 0.0797. The third kappa shape index (κ3) is 12.8. The van der Waals surface area contributed by atoms with Gasteiger partial charge in [-0.1, -0.05) is 25.7 Å². The number of amides is 1. The normalized spacial score (nSPS) is 38.2. The van der Waals surface area contributed by atoms with Gasteiger partial charge in [-0.15, -0.1) is 0 Å². The molecule has 0 aromatic rings. The van der Waals surface area contributed by atoms with Crippen LogP contribution in [0.25, 0.3) is 0 Å². The van der Waals surface area contributed by atoms with Gasteiger partial charge in [-0.3, -0.25) is 9.59 Å². The van der Waals surface area contributed by atoms with E-state index in [1.807, 2.05) is 6.92 Å². The standard InChI is InChI=1S/C33H59NO18/c1-2-34-21(38)12-8-6-4-3-5-7-10-17(37)11-9-13-47-32-29(46)30(52-33-28(45)26(43)23(40)19(15-36)50-33)24(41)20(51-32)16-48-31-27(44)25(42)22(39)18(14-35)49-31/h18-20,22-33,35-36,39-46H,2-16H2,1H3,(H,34,38)/t18-,19-,20-,22-,23-,24-,25+,26+,27+,28+,29+,30+,31+,32+,33-/m1/s1. The second kappa shape index (κ2) is 22.8. The number of nitrogens with one attached hydrogen (secondary N) is 1. The Bertz CT molecular complexity index is 1040. The number of aliphatic hydroxyl groups excluding tert-OH is 10. The minimum absolute atomic E-state index is 0.0232. The van der Waals surface area contributed by atoms with Gasteiger partial charge < -0.3 is 84.8 Å². The lowest BCUT2D eigenvalue weighted by atomic mass is 9.96. The summed E-state index contributed by atoms with van der Waals surface area (Å²) < 4.78 is 33.4. The van der Waals surface area contributed by atoms with E-state index < -0.39 is 112 Å². The molecule has 3 aliphatic rings. The Balaban J connectivity index is 1.54. The Morgan fingerprint density at radius 1 is 0.558 bits per heavy atom. The molecule has 0 saturated carbocycles. The van der Waals surface area contributed by atoms with Gasteiger partial charge in [0.15, 0.2) is 18.9 Å². The molecule has 304 valence electrons. The Morgan fingerprint density at radius 2 is 1.06 bits per heavy atom. The van der Waals surface area contributed by atoms with Crippen LogP contribution in [0.5, 0.6) is 0 Å². The number of hydrogen-bond acceptors (Lipinski definition) is 18. The molecule has 15 atom stereocenters. The summed E-state index contributed by atoms with van der Waals surface area (Å²) in [5, 5.41) is 105. The van der Waals surface area contributed by atoms with E-state index >= 15 is 0 Å². The van der Waals surface area contributed by atoms with Crippen LogP contribution >= 0.6 is 0 Å². The summed E-state index contributed by atoms with van der Waals surface area (Å²) in [6.45, 7) is 0.374. The van der Waals surface area contributed by atoms with E-state index in [1.165, 1.54) is 0 Å². The van der Waals surface area contributed by atoms with E-state index in [4.69, 9.17) is 28.4 Å². The van der Waals surface area contributed by atoms with E-state index in [0.717, 1.165) is 38.5 Å². The molecule has 0 aromatic carbocycles. The molecule has 3 aliphatic heterocycles. The maximum absolute atomic E-state index is 12.5. The molecule has 3 heterocycles. The van der Waals surface area contributed by atoms with Gasteiger partial charge in [0.1, 0.15) is 79.0 Å². The molecule has 0 unspecified atom stereocenters. The fourth-order valence-electron chi connectivity index (χ4n) is 6.26. The van der Waals surface area contributed by atoms with Crippen LogP contribution in [0.2, 0.25) is 0 Å². The number of rotatable bonds is 22. The summed E-state index contributed by atoms with van der Waals surface area (Å²) in [7, 11) is 0. The fourth-order valence-corrected chi connectivity index (χ4v) is 6.26. The SMILES string of the molecule is CCNC(=O)CCCCCCCCC(=O)CCCO[C@H]1O[C@H](CO[C@H]2O[C@H](CO)[C@@H](O)[C@H](O)[C@@H]2O)[C@@H](O)[C@H](O[C@H]2O[C@H](CO)[C@@H](O)[C@H](O)[C@@H]2O)[C@@H]1O. The highest BCUT2D eigenvalue weighted by molar-refractivity contribution is 5.78. The molecule has 52 heavy (non-hydrogen) atoms. The predicted molar refractivity (Wildman–Crippen MR) is 175 cm³/mol. The van der Waals surface area contributed by atoms with Crippen molar-refractivity contribution in [3.8, 4) is 0 Å². The lowest BCUT2D eigenvalue weighted by molar-refractivity contribution is -0.366. The van der Waals surface area contributed by atoms with Crippen molar-refractivity contribution < 1.29 is 89.1 Å². The summed E-state index contributed by atoms with van der Waals surface area (Å²) in [6.07, 6.45) is -17.9. The molecule has 3 fully saturated rings. The number of carbonyl (C=O) groups excluding carboxylic acids is 2. The second-order valence-corrected chi connectivity index (χ2v) is 13.4. The van der Waals surface area contributed by atoms with Gasteiger partial charge in [-0.05, 0) is 26.2 Å². The molecule has 19 nitrogen and oxygen atoms in total. The first-order chi connectivity index (χ1) is 24.8. The smallest absolute Gasteiger partial charge is 0.219 e. The highest BCUT2D eigenvalue weighted by Gasteiger charge is 2.52. The van der Waals surface area contributed by atoms with E-state index in [-0.39, 0.29) is 31.1 Å². The van der Waals surface area contributed by atoms with Gasteiger partial charge in [0, 0.05) is 25.8 Å². The van der Waals surface area contributed by atoms with Crippen molar-refractivity contribution in [3.05, 3.63) is 0 Å². The van der Waals surface area contributed by atoms with Crippen molar-refractivity contribution in [1.82, 2.24) is 5.32 Å². The highest BCUT2D eigenvalue weighted by atomic mass is 16.7. The Labute approximate surface area is 302 Å². The van der Waals surface area contributed by atoms with Crippen LogP contribution in [0.4, 0.5) is 0 Å². The second-order valence-electron chi connectivity index (χ2n) is 13.4. The highest BCUT2D eigenvalue weighted by Crippen LogP contribution is 2.31. The minimum Gasteiger partial charge on any atom is -0.394 e. The van der Waals surface area contributed by atoms with Crippen molar-refractivity contribution in [1.29, 1.82) is 0 Å². The molecular formula is C33H59NO18. The van der Waals surface area contributed by atoms with Crippen LogP contribution in [0.3, 0.4) is 0 Å². The average molecular weight is 758 g/mol. The molecule has 0 aromatic heterocycles. The molecule has 0 bridgehead atoms. The van der Waals surface area contributed by atoms with Gasteiger partial charge in [-0.2, -0.15) is 0 Å². The minimum atomic E-state index is -1.87. The van der Waals surface area contributed by atoms with Crippen LogP contribution in [0, 0.1) is 0 Å². The number of carbonyl (C=O) groups is 2. The third-order valence-electron chi connectivity index (χ3n) is 9.42. The van der Waals surface area contributed by atoms with Crippen LogP contribution in [0.15, 0.2) is 0 Å². The lowest BCUT2D eigenvalue weighted by Crippen LogP contribution is -2.65. The predicted octanol–water partition coefficient (Wildman–Crippen LogP) is -3.94. The summed E-state index contributed by atoms with van der Waals surface area (Å²) in [5.41, 5.74) is 0. The molecule has 3 rings (SSSR count). The lowest BCUT2D eigenvalue weighted by Gasteiger charge is -2.46. The maximum Gasteiger partial charge on any atom is 0.219 e. The van der Waals surface area contributed by atoms with Gasteiger partial charge in [0.2, 0.25) is 5.91 Å². The molecule has 11 N–H and O–H groups in total. The van der Waals surface area contributed by atoms with E-state index in [9.17, 15) is 60.7 Å². The Kier molecular flexibility index (Phi) is 19.7. The number of ether oxygens (including phenoxy) is 6. The van der Waals surface area contributed by atoms with Gasteiger partial charge in [-0.25, -0.2) is 0 Å². The first-order valence-electron chi connectivity index (χ1n) is 18.1. The first-order valence-corrected chi connectivity index (χ1v) is 18.1. The van der Waals surface area contributed by atoms with Crippen LogP contribution < -0.4 is 5.32 Å². The Morgan fingerprint density at radius 3 is 1.65 bits per heavy atom. The Hall–Kier alpha value is -1.50. The summed E-state index contributed by atoms with van der Waals surface area (Å²) in [6, 6.07) is 0. The third-order valence-corrected chi connectivity index (χ3v) is 9.42. The van der Waals surface area contributed by atoms with Crippen molar-refractivity contribution in [3.63, 3.8) is 0 Å². The fraction of sp³-hybridized carbons (Fsp3) is 0.939. The zero-order valence-corrected chi connectivity index (χ0v) is 29.5. The summed E-state index contributed by atoms with van der Waals surface area (Å²) >= 11 is 0. The van der Waals surface area contributed by atoms with E-state index in [1.54, 1.807) is 0 Å². The van der Waals surface area contributed by atoms with Gasteiger partial charge >= 0.3 is 0 Å². The van der Waals surface area contributed by atoms with Crippen molar-refractivity contribution in [2.75, 3.05) is 33.0 Å². The topological polar surface area (TPSA) is 304 Å².